The van der Waals surface area contributed by atoms with E-state index in [0.29, 0.717) is 22.2 Å². The fourth-order valence-electron chi connectivity index (χ4n) is 3.64. The minimum Gasteiger partial charge on any atom is -0.507 e. The maximum absolute atomic E-state index is 10.4. The second-order valence-electron chi connectivity index (χ2n) is 7.23. The molecule has 7 nitrogen and oxygen atoms in total. The van der Waals surface area contributed by atoms with Crippen LogP contribution in [0.4, 0.5) is 0 Å². The lowest BCUT2D eigenvalue weighted by molar-refractivity contribution is 0.393. The lowest BCUT2D eigenvalue weighted by Gasteiger charge is -2.29. The largest absolute Gasteiger partial charge is 0.507 e. The summed E-state index contributed by atoms with van der Waals surface area (Å²) in [5.41, 5.74) is 1.80. The Morgan fingerprint density at radius 3 is 2.89 bits per heavy atom. The van der Waals surface area contributed by atoms with Gasteiger partial charge in [0.15, 0.2) is 5.82 Å². The van der Waals surface area contributed by atoms with Gasteiger partial charge < -0.3 is 15.0 Å². The number of nitrogens with one attached hydrogen (secondary N) is 1. The molecule has 1 aromatic carbocycles. The predicted molar refractivity (Wildman–Crippen MR) is 103 cm³/mol. The van der Waals surface area contributed by atoms with Gasteiger partial charge in [-0.15, -0.1) is 10.2 Å². The average Bonchev–Trinajstić information content (AvgIpc) is 3.20. The summed E-state index contributed by atoms with van der Waals surface area (Å²) in [5.74, 6) is 0.551. The Kier molecular flexibility index (Phi) is 4.09. The Balaban J connectivity index is 1.31. The minimum atomic E-state index is 0.123. The predicted octanol–water partition coefficient (Wildman–Crippen LogP) is 2.81. The Morgan fingerprint density at radius 2 is 2.19 bits per heavy atom. The number of phenolic OH excluding ortho intramolecular Hbond substituents is 1. The summed E-state index contributed by atoms with van der Waals surface area (Å²) >= 11 is 1.77. The third-order valence-corrected chi connectivity index (χ3v) is 6.46. The van der Waals surface area contributed by atoms with Gasteiger partial charge in [0.1, 0.15) is 10.8 Å². The summed E-state index contributed by atoms with van der Waals surface area (Å²) in [6, 6.07) is 5.37. The molecule has 1 aliphatic carbocycles. The highest BCUT2D eigenvalue weighted by Crippen LogP contribution is 2.45. The van der Waals surface area contributed by atoms with Crippen LogP contribution in [0, 0.1) is 0 Å². The fraction of sp³-hybridized carbons (Fsp3) is 0.368. The summed E-state index contributed by atoms with van der Waals surface area (Å²) in [5, 5.41) is 24.0. The first-order valence-corrected chi connectivity index (χ1v) is 10.0. The standard InChI is InChI=1S/C19H20N6OS/c26-16-9-13(25-8-7-20-12-25)1-2-15(16)18-21-11-17(23-24-18)27-14-3-6-22-19(10-14)4-5-19/h1-2,7-9,11-12,14,22,26H,3-6,10H2/t14-/m0/s1. The molecule has 0 radical (unpaired) electrons. The summed E-state index contributed by atoms with van der Waals surface area (Å²) in [4.78, 5) is 8.45. The minimum absolute atomic E-state index is 0.123. The van der Waals surface area contributed by atoms with E-state index >= 15 is 0 Å². The number of nitrogens with zero attached hydrogens (tertiary/aromatic N) is 5. The van der Waals surface area contributed by atoms with E-state index in [1.807, 2.05) is 16.8 Å². The quantitative estimate of drug-likeness (QED) is 0.719. The van der Waals surface area contributed by atoms with Crippen molar-refractivity contribution in [3.05, 3.63) is 43.1 Å². The zero-order chi connectivity index (χ0) is 18.3. The number of phenols is 1. The number of hydrogen-bond acceptors (Lipinski definition) is 7. The van der Waals surface area contributed by atoms with E-state index in [-0.39, 0.29) is 5.75 Å². The molecule has 1 saturated carbocycles. The number of thioether (sulfide) groups is 1. The molecule has 1 saturated heterocycles. The van der Waals surface area contributed by atoms with E-state index < -0.39 is 0 Å². The highest BCUT2D eigenvalue weighted by Gasteiger charge is 2.46. The first-order chi connectivity index (χ1) is 13.2. The molecule has 2 aromatic heterocycles. The normalized spacial score (nSPS) is 20.7. The Labute approximate surface area is 161 Å². The van der Waals surface area contributed by atoms with Crippen LogP contribution < -0.4 is 5.32 Å². The third-order valence-electron chi connectivity index (χ3n) is 5.29. The smallest absolute Gasteiger partial charge is 0.185 e. The second kappa shape index (κ2) is 6.61. The van der Waals surface area contributed by atoms with Gasteiger partial charge in [0.2, 0.25) is 0 Å². The van der Waals surface area contributed by atoms with Gasteiger partial charge in [0, 0.05) is 29.2 Å². The first-order valence-electron chi connectivity index (χ1n) is 9.14. The number of aromatic nitrogens is 5. The van der Waals surface area contributed by atoms with Gasteiger partial charge in [-0.2, -0.15) is 0 Å². The van der Waals surface area contributed by atoms with Gasteiger partial charge in [-0.25, -0.2) is 9.97 Å². The number of hydrogen-bond donors (Lipinski definition) is 2. The van der Waals surface area contributed by atoms with Gasteiger partial charge in [-0.3, -0.25) is 0 Å². The van der Waals surface area contributed by atoms with E-state index in [9.17, 15) is 5.11 Å². The van der Waals surface area contributed by atoms with Crippen LogP contribution in [0.2, 0.25) is 0 Å². The number of piperidine rings is 1. The van der Waals surface area contributed by atoms with Crippen molar-refractivity contribution in [1.29, 1.82) is 0 Å². The van der Waals surface area contributed by atoms with Crippen molar-refractivity contribution in [1.82, 2.24) is 30.0 Å². The van der Waals surface area contributed by atoms with Crippen molar-refractivity contribution >= 4 is 11.8 Å². The molecule has 5 rings (SSSR count). The molecule has 0 bridgehead atoms. The van der Waals surface area contributed by atoms with Crippen LogP contribution in [-0.2, 0) is 0 Å². The second-order valence-corrected chi connectivity index (χ2v) is 8.55. The lowest BCUT2D eigenvalue weighted by Crippen LogP contribution is -2.41. The van der Waals surface area contributed by atoms with E-state index in [1.165, 1.54) is 19.3 Å². The van der Waals surface area contributed by atoms with Gasteiger partial charge in [0.25, 0.3) is 0 Å². The van der Waals surface area contributed by atoms with E-state index in [0.717, 1.165) is 23.7 Å². The van der Waals surface area contributed by atoms with Crippen LogP contribution in [0.15, 0.2) is 48.1 Å². The zero-order valence-electron chi connectivity index (χ0n) is 14.7. The van der Waals surface area contributed by atoms with Gasteiger partial charge in [-0.1, -0.05) is 11.8 Å². The summed E-state index contributed by atoms with van der Waals surface area (Å²) in [7, 11) is 0. The summed E-state index contributed by atoms with van der Waals surface area (Å²) < 4.78 is 1.83. The van der Waals surface area contributed by atoms with Gasteiger partial charge >= 0.3 is 0 Å². The van der Waals surface area contributed by atoms with Crippen LogP contribution in [0.5, 0.6) is 5.75 Å². The Bertz CT molecular complexity index is 939. The molecule has 2 N–H and O–H groups in total. The maximum atomic E-state index is 10.4. The summed E-state index contributed by atoms with van der Waals surface area (Å²) in [6.07, 6.45) is 11.9. The van der Waals surface area contributed by atoms with E-state index in [2.05, 4.69) is 25.5 Å². The molecule has 1 atom stereocenters. The molecular weight excluding hydrogens is 360 g/mol. The molecule has 2 fully saturated rings. The van der Waals surface area contributed by atoms with Crippen molar-refractivity contribution < 1.29 is 5.11 Å². The highest BCUT2D eigenvalue weighted by atomic mass is 32.2. The SMILES string of the molecule is Oc1cc(-n2ccnc2)ccc1-c1ncc(S[C@H]2CCNC3(CC3)C2)nn1. The van der Waals surface area contributed by atoms with Crippen molar-refractivity contribution in [3.8, 4) is 22.8 Å². The first kappa shape index (κ1) is 16.7. The van der Waals surface area contributed by atoms with E-state index in [1.54, 1.807) is 42.6 Å². The molecule has 0 unspecified atom stereocenters. The number of aromatic hydroxyl groups is 1. The molecule has 0 amide bonds. The number of imidazole rings is 1. The van der Waals surface area contributed by atoms with Gasteiger partial charge in [-0.05, 0) is 44.4 Å². The molecule has 3 heterocycles. The van der Waals surface area contributed by atoms with Crippen molar-refractivity contribution in [2.24, 2.45) is 0 Å². The monoisotopic (exact) mass is 380 g/mol. The molecule has 3 aromatic rings. The van der Waals surface area contributed by atoms with Crippen molar-refractivity contribution in [2.45, 2.75) is 41.5 Å². The van der Waals surface area contributed by atoms with Crippen LogP contribution in [0.25, 0.3) is 17.1 Å². The Hall–Kier alpha value is -2.45. The van der Waals surface area contributed by atoms with Gasteiger partial charge in [0.05, 0.1) is 23.8 Å². The fourth-order valence-corrected chi connectivity index (χ4v) is 4.82. The van der Waals surface area contributed by atoms with Crippen LogP contribution in [-0.4, -0.2) is 47.2 Å². The molecule has 2 aliphatic rings. The molecular formula is C19H20N6OS. The molecule has 138 valence electrons. The lowest BCUT2D eigenvalue weighted by atomic mass is 10.0. The number of benzene rings is 1. The number of rotatable bonds is 4. The Morgan fingerprint density at radius 1 is 1.26 bits per heavy atom. The third kappa shape index (κ3) is 3.42. The van der Waals surface area contributed by atoms with Crippen molar-refractivity contribution in [3.63, 3.8) is 0 Å². The van der Waals surface area contributed by atoms with Crippen LogP contribution >= 0.6 is 11.8 Å². The topological polar surface area (TPSA) is 88.8 Å². The molecule has 27 heavy (non-hydrogen) atoms. The van der Waals surface area contributed by atoms with E-state index in [4.69, 9.17) is 0 Å². The average molecular weight is 380 g/mol. The summed E-state index contributed by atoms with van der Waals surface area (Å²) in [6.45, 7) is 1.08. The molecule has 1 aliphatic heterocycles. The highest BCUT2D eigenvalue weighted by molar-refractivity contribution is 7.99. The van der Waals surface area contributed by atoms with Crippen LogP contribution in [0.1, 0.15) is 25.7 Å². The maximum Gasteiger partial charge on any atom is 0.185 e. The van der Waals surface area contributed by atoms with Crippen LogP contribution in [0.3, 0.4) is 0 Å². The zero-order valence-corrected chi connectivity index (χ0v) is 15.6. The molecule has 8 heteroatoms. The van der Waals surface area contributed by atoms with Crippen molar-refractivity contribution in [2.75, 3.05) is 6.54 Å². The molecule has 1 spiro atoms.